The van der Waals surface area contributed by atoms with E-state index in [0.717, 1.165) is 24.3 Å². The van der Waals surface area contributed by atoms with Crippen LogP contribution in [0.2, 0.25) is 0 Å². The first kappa shape index (κ1) is 27.9. The van der Waals surface area contributed by atoms with Crippen LogP contribution < -0.4 is 10.2 Å². The van der Waals surface area contributed by atoms with Crippen LogP contribution in [0.3, 0.4) is 0 Å². The number of aliphatic hydroxyl groups is 5. The number of aromatic hydroxyl groups is 4. The van der Waals surface area contributed by atoms with Gasteiger partial charge in [0.15, 0.2) is 29.7 Å². The van der Waals surface area contributed by atoms with Crippen molar-refractivity contribution in [3.63, 3.8) is 0 Å². The van der Waals surface area contributed by atoms with Crippen LogP contribution in [0, 0.1) is 0 Å². The first-order valence-electron chi connectivity index (χ1n) is 11.9. The number of benzene rings is 2. The maximum Gasteiger partial charge on any atom is 0.239 e. The SMILES string of the molecule is O=c1c(OC2OCC(O)C(O)C2OC2OCC(O)(CO)C2O)c(-c2ccc(O)c(O)c2)oc2cc(O)cc(O)c12. The largest absolute Gasteiger partial charge is 0.508 e. The molecule has 0 spiro atoms. The zero-order valence-electron chi connectivity index (χ0n) is 20.4. The highest BCUT2D eigenvalue weighted by atomic mass is 16.8. The molecule has 1 aromatic heterocycles. The number of rotatable bonds is 6. The van der Waals surface area contributed by atoms with Crippen molar-refractivity contribution in [2.45, 2.75) is 42.6 Å². The Morgan fingerprint density at radius 1 is 0.950 bits per heavy atom. The molecule has 0 radical (unpaired) electrons. The maximum atomic E-state index is 13.6. The van der Waals surface area contributed by atoms with E-state index in [1.807, 2.05) is 0 Å². The lowest BCUT2D eigenvalue weighted by Crippen LogP contribution is -2.58. The van der Waals surface area contributed by atoms with Gasteiger partial charge in [-0.05, 0) is 18.2 Å². The van der Waals surface area contributed by atoms with Crippen molar-refractivity contribution >= 4 is 11.0 Å². The number of phenolic OH excluding ortho intramolecular Hbond substituents is 4. The molecule has 3 aromatic rings. The van der Waals surface area contributed by atoms with Crippen molar-refractivity contribution in [3.8, 4) is 40.1 Å². The number of fused-ring (bicyclic) bond motifs is 1. The normalized spacial score (nSPS) is 30.5. The van der Waals surface area contributed by atoms with Crippen LogP contribution in [0.25, 0.3) is 22.3 Å². The number of hydrogen-bond acceptors (Lipinski definition) is 15. The van der Waals surface area contributed by atoms with E-state index >= 15 is 0 Å². The Bertz CT molecular complexity index is 1470. The predicted octanol–water partition coefficient (Wildman–Crippen LogP) is -1.43. The third-order valence-electron chi connectivity index (χ3n) is 6.69. The number of hydrogen-bond donors (Lipinski definition) is 9. The summed E-state index contributed by atoms with van der Waals surface area (Å²) >= 11 is 0. The van der Waals surface area contributed by atoms with E-state index in [2.05, 4.69) is 0 Å². The Hall–Kier alpha value is -3.67. The fraction of sp³-hybridized carbons (Fsp3) is 0.400. The van der Waals surface area contributed by atoms with Crippen LogP contribution in [0.15, 0.2) is 39.5 Å². The summed E-state index contributed by atoms with van der Waals surface area (Å²) in [5.74, 6) is -3.13. The van der Waals surface area contributed by atoms with Crippen LogP contribution in [0.4, 0.5) is 0 Å². The fourth-order valence-electron chi connectivity index (χ4n) is 4.42. The Kier molecular flexibility index (Phi) is 7.24. The predicted molar refractivity (Wildman–Crippen MR) is 130 cm³/mol. The summed E-state index contributed by atoms with van der Waals surface area (Å²) in [6.45, 7) is -1.89. The standard InChI is InChI=1S/C25H26O15/c26-7-25(35)8-37-24(22(25)34)40-21-17(32)14(31)6-36-23(21)39-20-18(33)16-13(30)4-10(27)5-15(16)38-19(20)9-1-2-11(28)12(29)3-9/h1-5,14,17,21-24,26-32,34-35H,6-8H2. The molecular weight excluding hydrogens is 540 g/mol. The van der Waals surface area contributed by atoms with Crippen LogP contribution in [-0.4, -0.2) is 108 Å². The Labute approximate surface area is 223 Å². The summed E-state index contributed by atoms with van der Waals surface area (Å²) in [7, 11) is 0. The van der Waals surface area contributed by atoms with Crippen LogP contribution in [-0.2, 0) is 14.2 Å². The van der Waals surface area contributed by atoms with Crippen LogP contribution in [0.1, 0.15) is 0 Å². The summed E-state index contributed by atoms with van der Waals surface area (Å²) in [6, 6.07) is 5.35. The summed E-state index contributed by atoms with van der Waals surface area (Å²) in [4.78, 5) is 13.6. The number of phenols is 4. The van der Waals surface area contributed by atoms with E-state index in [1.54, 1.807) is 0 Å². The number of aliphatic hydroxyl groups excluding tert-OH is 4. The molecule has 2 aliphatic heterocycles. The van der Waals surface area contributed by atoms with Gasteiger partial charge in [0.05, 0.1) is 19.8 Å². The minimum absolute atomic E-state index is 0.00329. The molecular formula is C25H26O15. The Morgan fingerprint density at radius 3 is 2.38 bits per heavy atom. The maximum absolute atomic E-state index is 13.6. The van der Waals surface area contributed by atoms with Gasteiger partial charge in [-0.3, -0.25) is 4.79 Å². The van der Waals surface area contributed by atoms with Crippen molar-refractivity contribution in [1.29, 1.82) is 0 Å². The molecule has 0 amide bonds. The molecule has 0 bridgehead atoms. The highest BCUT2D eigenvalue weighted by Crippen LogP contribution is 2.39. The quantitative estimate of drug-likeness (QED) is 0.155. The lowest BCUT2D eigenvalue weighted by atomic mass is 10.0. The fourth-order valence-corrected chi connectivity index (χ4v) is 4.42. The second kappa shape index (κ2) is 10.4. The molecule has 2 fully saturated rings. The first-order valence-corrected chi connectivity index (χ1v) is 11.9. The second-order valence-corrected chi connectivity index (χ2v) is 9.50. The van der Waals surface area contributed by atoms with Gasteiger partial charge in [0, 0.05) is 17.7 Å². The van der Waals surface area contributed by atoms with Gasteiger partial charge in [-0.25, -0.2) is 0 Å². The van der Waals surface area contributed by atoms with Gasteiger partial charge >= 0.3 is 0 Å². The molecule has 15 heteroatoms. The molecule has 2 aromatic carbocycles. The van der Waals surface area contributed by atoms with Crippen LogP contribution >= 0.6 is 0 Å². The van der Waals surface area contributed by atoms with Gasteiger partial charge in [-0.2, -0.15) is 0 Å². The monoisotopic (exact) mass is 566 g/mol. The Morgan fingerprint density at radius 2 is 1.70 bits per heavy atom. The molecule has 40 heavy (non-hydrogen) atoms. The Balaban J connectivity index is 1.59. The van der Waals surface area contributed by atoms with Gasteiger partial charge in [0.1, 0.15) is 46.4 Å². The van der Waals surface area contributed by atoms with E-state index in [9.17, 15) is 50.8 Å². The zero-order chi connectivity index (χ0) is 28.9. The van der Waals surface area contributed by atoms with Crippen molar-refractivity contribution in [2.24, 2.45) is 0 Å². The average Bonchev–Trinajstić information content (AvgIpc) is 3.19. The third-order valence-corrected chi connectivity index (χ3v) is 6.69. The number of ether oxygens (including phenoxy) is 4. The second-order valence-electron chi connectivity index (χ2n) is 9.50. The van der Waals surface area contributed by atoms with Crippen molar-refractivity contribution in [3.05, 3.63) is 40.6 Å². The van der Waals surface area contributed by atoms with Crippen molar-refractivity contribution < 1.29 is 69.3 Å². The lowest BCUT2D eigenvalue weighted by Gasteiger charge is -2.39. The summed E-state index contributed by atoms with van der Waals surface area (Å²) in [5, 5.41) is 90.5. The molecule has 9 N–H and O–H groups in total. The lowest BCUT2D eigenvalue weighted by molar-refractivity contribution is -0.298. The van der Waals surface area contributed by atoms with Gasteiger partial charge in [-0.15, -0.1) is 0 Å². The molecule has 216 valence electrons. The van der Waals surface area contributed by atoms with E-state index in [0.29, 0.717) is 0 Å². The molecule has 7 unspecified atom stereocenters. The van der Waals surface area contributed by atoms with Gasteiger partial charge in [0.2, 0.25) is 17.5 Å². The van der Waals surface area contributed by atoms with Crippen molar-refractivity contribution in [2.75, 3.05) is 19.8 Å². The highest BCUT2D eigenvalue weighted by Gasteiger charge is 2.52. The molecule has 3 heterocycles. The van der Waals surface area contributed by atoms with E-state index in [4.69, 9.17) is 23.4 Å². The molecule has 0 saturated carbocycles. The molecule has 5 rings (SSSR count). The summed E-state index contributed by atoms with van der Waals surface area (Å²) in [5.41, 5.74) is -3.31. The average molecular weight is 566 g/mol. The molecule has 2 saturated heterocycles. The molecule has 15 nitrogen and oxygen atoms in total. The van der Waals surface area contributed by atoms with E-state index < -0.39 is 102 Å². The highest BCUT2D eigenvalue weighted by molar-refractivity contribution is 5.88. The van der Waals surface area contributed by atoms with Crippen LogP contribution in [0.5, 0.6) is 28.7 Å². The summed E-state index contributed by atoms with van der Waals surface area (Å²) < 4.78 is 27.8. The van der Waals surface area contributed by atoms with Crippen molar-refractivity contribution in [1.82, 2.24) is 0 Å². The smallest absolute Gasteiger partial charge is 0.239 e. The topological polar surface area (TPSA) is 249 Å². The van der Waals surface area contributed by atoms with E-state index in [-0.39, 0.29) is 16.9 Å². The minimum atomic E-state index is -2.07. The first-order chi connectivity index (χ1) is 18.9. The minimum Gasteiger partial charge on any atom is -0.508 e. The van der Waals surface area contributed by atoms with E-state index in [1.165, 1.54) is 6.07 Å². The summed E-state index contributed by atoms with van der Waals surface area (Å²) in [6.07, 6.45) is -9.99. The van der Waals surface area contributed by atoms with Gasteiger partial charge in [-0.1, -0.05) is 0 Å². The molecule has 7 atom stereocenters. The van der Waals surface area contributed by atoms with Gasteiger partial charge < -0.3 is 69.3 Å². The molecule has 0 aliphatic carbocycles. The molecule has 2 aliphatic rings. The zero-order valence-corrected chi connectivity index (χ0v) is 20.4. The van der Waals surface area contributed by atoms with Gasteiger partial charge in [0.25, 0.3) is 0 Å². The third kappa shape index (κ3) is 4.78.